The highest BCUT2D eigenvalue weighted by atomic mass is 16.3. The zero-order chi connectivity index (χ0) is 14.8. The second kappa shape index (κ2) is 6.28. The third-order valence-corrected chi connectivity index (χ3v) is 4.50. The number of aliphatic hydroxyl groups excluding tert-OH is 1. The zero-order valence-corrected chi connectivity index (χ0v) is 13.4. The monoisotopic (exact) mass is 275 g/mol. The predicted molar refractivity (Wildman–Crippen MR) is 84.8 cm³/mol. The first kappa shape index (κ1) is 15.5. The topological polar surface area (TPSA) is 23.5 Å². The summed E-state index contributed by atoms with van der Waals surface area (Å²) in [6.07, 6.45) is 3.16. The van der Waals surface area contributed by atoms with Crippen LogP contribution < -0.4 is 0 Å². The van der Waals surface area contributed by atoms with E-state index < -0.39 is 6.10 Å². The molecule has 1 aliphatic rings. The molecule has 0 amide bonds. The molecule has 1 aromatic carbocycles. The van der Waals surface area contributed by atoms with E-state index in [2.05, 4.69) is 56.9 Å². The summed E-state index contributed by atoms with van der Waals surface area (Å²) in [5, 5.41) is 10.8. The Balaban J connectivity index is 2.17. The highest BCUT2D eigenvalue weighted by molar-refractivity contribution is 5.27. The smallest absolute Gasteiger partial charge is 0.0968 e. The first-order chi connectivity index (χ1) is 9.41. The first-order valence-corrected chi connectivity index (χ1v) is 7.93. The lowest BCUT2D eigenvalue weighted by molar-refractivity contribution is 0.00128. The van der Waals surface area contributed by atoms with Gasteiger partial charge >= 0.3 is 0 Å². The second-order valence-corrected chi connectivity index (χ2v) is 7.09. The largest absolute Gasteiger partial charge is 0.386 e. The third kappa shape index (κ3) is 3.42. The maximum atomic E-state index is 10.8. The molecule has 1 aromatic rings. The van der Waals surface area contributed by atoms with Crippen LogP contribution in [0.5, 0.6) is 0 Å². The summed E-state index contributed by atoms with van der Waals surface area (Å²) in [5.41, 5.74) is 2.20. The Morgan fingerprint density at radius 2 is 1.85 bits per heavy atom. The van der Waals surface area contributed by atoms with Crippen molar-refractivity contribution >= 4 is 0 Å². The minimum absolute atomic E-state index is 0.188. The van der Waals surface area contributed by atoms with Crippen molar-refractivity contribution in [3.63, 3.8) is 0 Å². The van der Waals surface area contributed by atoms with Gasteiger partial charge in [0, 0.05) is 5.54 Å². The van der Waals surface area contributed by atoms with E-state index in [0.717, 1.165) is 25.1 Å². The highest BCUT2D eigenvalue weighted by Gasteiger charge is 2.36. The zero-order valence-electron chi connectivity index (χ0n) is 13.4. The van der Waals surface area contributed by atoms with E-state index in [-0.39, 0.29) is 5.54 Å². The molecule has 1 N–H and O–H groups in total. The molecular formula is C18H29NO. The molecule has 0 saturated carbocycles. The van der Waals surface area contributed by atoms with Crippen LogP contribution in [0.15, 0.2) is 24.3 Å². The number of nitrogens with zero attached hydrogens (tertiary/aromatic N) is 1. The minimum atomic E-state index is -0.423. The van der Waals surface area contributed by atoms with Gasteiger partial charge in [-0.15, -0.1) is 0 Å². The molecule has 0 aromatic heterocycles. The standard InChI is InChI=1S/C18H29NO/c1-14(2)12-15-8-7-9-16(13-15)17(20)18(3,4)19-10-5-6-11-19/h7-9,13-14,17,20H,5-6,10-12H2,1-4H3. The molecule has 2 nitrogen and oxygen atoms in total. The van der Waals surface area contributed by atoms with Crippen LogP contribution >= 0.6 is 0 Å². The third-order valence-electron chi connectivity index (χ3n) is 4.50. The molecule has 2 heteroatoms. The molecular weight excluding hydrogens is 246 g/mol. The number of hydrogen-bond donors (Lipinski definition) is 1. The lowest BCUT2D eigenvalue weighted by Crippen LogP contribution is -2.46. The summed E-state index contributed by atoms with van der Waals surface area (Å²) in [4.78, 5) is 2.42. The van der Waals surface area contributed by atoms with Crippen molar-refractivity contribution in [2.45, 2.75) is 58.6 Å². The van der Waals surface area contributed by atoms with Crippen molar-refractivity contribution < 1.29 is 5.11 Å². The number of rotatable bonds is 5. The predicted octanol–water partition coefficient (Wildman–Crippen LogP) is 3.79. The van der Waals surface area contributed by atoms with Crippen LogP contribution in [0.25, 0.3) is 0 Å². The Bertz CT molecular complexity index is 433. The van der Waals surface area contributed by atoms with Gasteiger partial charge < -0.3 is 5.11 Å². The second-order valence-electron chi connectivity index (χ2n) is 7.09. The molecule has 1 atom stereocenters. The van der Waals surface area contributed by atoms with Crippen molar-refractivity contribution in [1.82, 2.24) is 4.90 Å². The van der Waals surface area contributed by atoms with Crippen molar-refractivity contribution in [1.29, 1.82) is 0 Å². The Labute approximate surface area is 123 Å². The minimum Gasteiger partial charge on any atom is -0.386 e. The summed E-state index contributed by atoms with van der Waals surface area (Å²) in [5.74, 6) is 0.647. The summed E-state index contributed by atoms with van der Waals surface area (Å²) in [7, 11) is 0. The van der Waals surface area contributed by atoms with Gasteiger partial charge in [-0.1, -0.05) is 38.1 Å². The van der Waals surface area contributed by atoms with E-state index in [9.17, 15) is 5.11 Å². The van der Waals surface area contributed by atoms with E-state index in [1.807, 2.05) is 0 Å². The van der Waals surface area contributed by atoms with Gasteiger partial charge in [-0.25, -0.2) is 0 Å². The SMILES string of the molecule is CC(C)Cc1cccc(C(O)C(C)(C)N2CCCC2)c1. The van der Waals surface area contributed by atoms with Gasteiger partial charge in [0.05, 0.1) is 6.10 Å². The molecule has 1 heterocycles. The van der Waals surface area contributed by atoms with Gasteiger partial charge in [0.25, 0.3) is 0 Å². The molecule has 1 saturated heterocycles. The average molecular weight is 275 g/mol. The molecule has 1 aliphatic heterocycles. The molecule has 0 bridgehead atoms. The van der Waals surface area contributed by atoms with Crippen LogP contribution in [-0.2, 0) is 6.42 Å². The van der Waals surface area contributed by atoms with Gasteiger partial charge in [0.2, 0.25) is 0 Å². The van der Waals surface area contributed by atoms with Crippen molar-refractivity contribution in [3.8, 4) is 0 Å². The van der Waals surface area contributed by atoms with Gasteiger partial charge in [0.15, 0.2) is 0 Å². The van der Waals surface area contributed by atoms with E-state index >= 15 is 0 Å². The molecule has 1 unspecified atom stereocenters. The fourth-order valence-corrected chi connectivity index (χ4v) is 3.24. The van der Waals surface area contributed by atoms with E-state index in [4.69, 9.17) is 0 Å². The molecule has 0 radical (unpaired) electrons. The Morgan fingerprint density at radius 3 is 2.45 bits per heavy atom. The molecule has 2 rings (SSSR count). The number of benzene rings is 1. The Kier molecular flexibility index (Phi) is 4.87. The van der Waals surface area contributed by atoms with Crippen LogP contribution in [0, 0.1) is 5.92 Å². The van der Waals surface area contributed by atoms with Crippen LogP contribution in [0.2, 0.25) is 0 Å². The van der Waals surface area contributed by atoms with Crippen LogP contribution in [0.4, 0.5) is 0 Å². The first-order valence-electron chi connectivity index (χ1n) is 7.93. The van der Waals surface area contributed by atoms with Gasteiger partial charge in [-0.05, 0) is 63.2 Å². The summed E-state index contributed by atoms with van der Waals surface area (Å²) in [6, 6.07) is 8.49. The molecule has 20 heavy (non-hydrogen) atoms. The number of likely N-dealkylation sites (tertiary alicyclic amines) is 1. The molecule has 0 spiro atoms. The van der Waals surface area contributed by atoms with E-state index in [1.165, 1.54) is 18.4 Å². The van der Waals surface area contributed by atoms with Crippen molar-refractivity contribution in [3.05, 3.63) is 35.4 Å². The fraction of sp³-hybridized carbons (Fsp3) is 0.667. The maximum Gasteiger partial charge on any atom is 0.0968 e. The van der Waals surface area contributed by atoms with E-state index in [0.29, 0.717) is 5.92 Å². The quantitative estimate of drug-likeness (QED) is 0.883. The highest BCUT2D eigenvalue weighted by Crippen LogP contribution is 2.33. The lowest BCUT2D eigenvalue weighted by Gasteiger charge is -2.39. The van der Waals surface area contributed by atoms with Gasteiger partial charge in [-0.2, -0.15) is 0 Å². The van der Waals surface area contributed by atoms with E-state index in [1.54, 1.807) is 0 Å². The van der Waals surface area contributed by atoms with Crippen molar-refractivity contribution in [2.75, 3.05) is 13.1 Å². The normalized spacial score (nSPS) is 18.7. The Morgan fingerprint density at radius 1 is 1.20 bits per heavy atom. The fourth-order valence-electron chi connectivity index (χ4n) is 3.24. The number of hydrogen-bond acceptors (Lipinski definition) is 2. The summed E-state index contributed by atoms with van der Waals surface area (Å²) >= 11 is 0. The summed E-state index contributed by atoms with van der Waals surface area (Å²) in [6.45, 7) is 11.0. The summed E-state index contributed by atoms with van der Waals surface area (Å²) < 4.78 is 0. The van der Waals surface area contributed by atoms with Gasteiger partial charge in [0.1, 0.15) is 0 Å². The van der Waals surface area contributed by atoms with Crippen molar-refractivity contribution in [2.24, 2.45) is 5.92 Å². The number of aliphatic hydroxyl groups is 1. The van der Waals surface area contributed by atoms with Crippen LogP contribution in [0.3, 0.4) is 0 Å². The van der Waals surface area contributed by atoms with Crippen LogP contribution in [-0.4, -0.2) is 28.6 Å². The maximum absolute atomic E-state index is 10.8. The molecule has 1 fully saturated rings. The van der Waals surface area contributed by atoms with Gasteiger partial charge in [-0.3, -0.25) is 4.90 Å². The average Bonchev–Trinajstić information content (AvgIpc) is 2.92. The lowest BCUT2D eigenvalue weighted by atomic mass is 9.88. The Hall–Kier alpha value is -0.860. The molecule has 0 aliphatic carbocycles. The molecule has 112 valence electrons. The van der Waals surface area contributed by atoms with Crippen LogP contribution in [0.1, 0.15) is 57.8 Å².